The number of fused-ring (bicyclic) bond motifs is 3. The smallest absolute Gasteiger partial charge is 0.317 e. The summed E-state index contributed by atoms with van der Waals surface area (Å²) >= 11 is 0. The molecule has 6 rings (SSSR count). The van der Waals surface area contributed by atoms with Crippen LogP contribution in [0.3, 0.4) is 0 Å². The second-order valence-corrected chi connectivity index (χ2v) is 9.47. The number of methoxy groups -OCH3 is 2. The van der Waals surface area contributed by atoms with Crippen LogP contribution in [0.15, 0.2) is 24.3 Å². The summed E-state index contributed by atoms with van der Waals surface area (Å²) in [6.45, 7) is 5.42. The number of carbonyl (C=O) groups excluding carboxylic acids is 1. The highest BCUT2D eigenvalue weighted by Gasteiger charge is 2.42. The molecule has 2 bridgehead atoms. The topological polar surface area (TPSA) is 81.1 Å². The van der Waals surface area contributed by atoms with Crippen molar-refractivity contribution in [3.05, 3.63) is 30.0 Å². The molecule has 1 aromatic heterocycles. The normalized spacial score (nSPS) is 26.4. The fourth-order valence-electron chi connectivity index (χ4n) is 5.73. The number of aryl methyl sites for hydroxylation is 1. The van der Waals surface area contributed by atoms with Gasteiger partial charge in [0.15, 0.2) is 11.5 Å². The molecular formula is C25H35N5O4. The van der Waals surface area contributed by atoms with Gasteiger partial charge in [0.2, 0.25) is 0 Å². The number of urea groups is 1. The average Bonchev–Trinajstić information content (AvgIpc) is 3.29. The highest BCUT2D eigenvalue weighted by molar-refractivity contribution is 5.74. The number of nitrogens with one attached hydrogen (secondary N) is 1. The first-order valence-corrected chi connectivity index (χ1v) is 12.2. The average molecular weight is 470 g/mol. The fraction of sp³-hybridized carbons (Fsp3) is 0.600. The molecule has 2 aromatic rings. The van der Waals surface area contributed by atoms with E-state index in [0.29, 0.717) is 62.2 Å². The standard InChI is InChI=1S/C25H35N5O4/c1-28-22(14-21(27-28)18-4-5-23(32-2)24(13-18)33-3)20-16-30-7-6-17(20)12-19(30)15-26-25(31)29-8-10-34-11-9-29/h4-5,13-14,17,19-20H,6-12,15-16H2,1-3H3,(H,26,31)/t17-,19+,20-/m0/s1. The predicted molar refractivity (Wildman–Crippen MR) is 128 cm³/mol. The lowest BCUT2D eigenvalue weighted by Crippen LogP contribution is -2.57. The molecule has 4 aliphatic rings. The largest absolute Gasteiger partial charge is 0.493 e. The minimum absolute atomic E-state index is 0.0358. The van der Waals surface area contributed by atoms with Crippen LogP contribution in [0, 0.1) is 5.92 Å². The lowest BCUT2D eigenvalue weighted by Gasteiger charge is -2.50. The van der Waals surface area contributed by atoms with Gasteiger partial charge in [0.1, 0.15) is 0 Å². The summed E-state index contributed by atoms with van der Waals surface area (Å²) in [5.74, 6) is 2.47. The Morgan fingerprint density at radius 1 is 1.15 bits per heavy atom. The molecule has 4 atom stereocenters. The molecule has 0 spiro atoms. The molecule has 184 valence electrons. The number of nitrogens with zero attached hydrogens (tertiary/aromatic N) is 4. The van der Waals surface area contributed by atoms with Crippen LogP contribution in [0.25, 0.3) is 11.3 Å². The maximum absolute atomic E-state index is 12.5. The van der Waals surface area contributed by atoms with Gasteiger partial charge in [0.05, 0.1) is 33.1 Å². The van der Waals surface area contributed by atoms with E-state index in [4.69, 9.17) is 19.3 Å². The van der Waals surface area contributed by atoms with E-state index in [1.165, 1.54) is 12.1 Å². The van der Waals surface area contributed by atoms with E-state index in [0.717, 1.165) is 30.8 Å². The molecule has 0 aliphatic carbocycles. The molecule has 0 radical (unpaired) electrons. The van der Waals surface area contributed by atoms with E-state index >= 15 is 0 Å². The van der Waals surface area contributed by atoms with Gasteiger partial charge >= 0.3 is 6.03 Å². The Labute approximate surface area is 200 Å². The summed E-state index contributed by atoms with van der Waals surface area (Å²) in [6.07, 6.45) is 2.29. The summed E-state index contributed by atoms with van der Waals surface area (Å²) < 4.78 is 18.2. The van der Waals surface area contributed by atoms with Gasteiger partial charge in [-0.05, 0) is 49.6 Å². The fourth-order valence-corrected chi connectivity index (χ4v) is 5.73. The lowest BCUT2D eigenvalue weighted by atomic mass is 9.74. The number of hydrogen-bond donors (Lipinski definition) is 1. The molecule has 1 aromatic carbocycles. The first-order valence-electron chi connectivity index (χ1n) is 12.2. The summed E-state index contributed by atoms with van der Waals surface area (Å²) in [5.41, 5.74) is 3.24. The molecule has 34 heavy (non-hydrogen) atoms. The van der Waals surface area contributed by atoms with Gasteiger partial charge in [0.25, 0.3) is 0 Å². The van der Waals surface area contributed by atoms with Crippen molar-refractivity contribution in [3.8, 4) is 22.8 Å². The van der Waals surface area contributed by atoms with Crippen molar-refractivity contribution in [1.29, 1.82) is 0 Å². The van der Waals surface area contributed by atoms with Crippen molar-refractivity contribution in [2.75, 3.05) is 60.2 Å². The second-order valence-electron chi connectivity index (χ2n) is 9.47. The molecule has 4 aliphatic heterocycles. The summed E-state index contributed by atoms with van der Waals surface area (Å²) in [7, 11) is 5.33. The zero-order valence-electron chi connectivity index (χ0n) is 20.3. The molecule has 9 nitrogen and oxygen atoms in total. The highest BCUT2D eigenvalue weighted by atomic mass is 16.5. The van der Waals surface area contributed by atoms with Gasteiger partial charge in [-0.25, -0.2) is 4.79 Å². The van der Waals surface area contributed by atoms with Gasteiger partial charge in [-0.1, -0.05) is 0 Å². The quantitative estimate of drug-likeness (QED) is 0.700. The Kier molecular flexibility index (Phi) is 6.65. The molecule has 1 unspecified atom stereocenters. The Morgan fingerprint density at radius 3 is 2.65 bits per heavy atom. The summed E-state index contributed by atoms with van der Waals surface area (Å²) in [6, 6.07) is 8.59. The van der Waals surface area contributed by atoms with Crippen molar-refractivity contribution in [2.45, 2.75) is 24.8 Å². The van der Waals surface area contributed by atoms with E-state index in [1.807, 2.05) is 34.8 Å². The molecule has 2 amide bonds. The third-order valence-corrected chi connectivity index (χ3v) is 7.64. The van der Waals surface area contributed by atoms with Crippen molar-refractivity contribution in [1.82, 2.24) is 24.9 Å². The number of morpholine rings is 1. The molecule has 9 heteroatoms. The SMILES string of the molecule is COc1ccc(-c2cc([C@H]3CN4CC[C@H]3C[C@@H]4CNC(=O)N3CCOCC3)n(C)n2)cc1OC. The molecule has 5 heterocycles. The molecule has 0 saturated carbocycles. The van der Waals surface area contributed by atoms with E-state index in [2.05, 4.69) is 16.3 Å². The highest BCUT2D eigenvalue weighted by Crippen LogP contribution is 2.42. The van der Waals surface area contributed by atoms with E-state index < -0.39 is 0 Å². The van der Waals surface area contributed by atoms with Crippen molar-refractivity contribution in [2.24, 2.45) is 13.0 Å². The number of benzene rings is 1. The number of carbonyl (C=O) groups is 1. The maximum Gasteiger partial charge on any atom is 0.317 e. The monoisotopic (exact) mass is 469 g/mol. The molecule has 4 fully saturated rings. The minimum Gasteiger partial charge on any atom is -0.493 e. The number of piperidine rings is 3. The number of amides is 2. The van der Waals surface area contributed by atoms with E-state index in [1.54, 1.807) is 14.2 Å². The first-order chi connectivity index (χ1) is 16.6. The first kappa shape index (κ1) is 23.0. The Balaban J connectivity index is 1.25. The summed E-state index contributed by atoms with van der Waals surface area (Å²) in [5, 5.41) is 8.00. The van der Waals surface area contributed by atoms with Gasteiger partial charge in [0, 0.05) is 56.4 Å². The third-order valence-electron chi connectivity index (χ3n) is 7.64. The van der Waals surface area contributed by atoms with Crippen LogP contribution in [-0.2, 0) is 11.8 Å². The maximum atomic E-state index is 12.5. The molecular weight excluding hydrogens is 434 g/mol. The number of ether oxygens (including phenoxy) is 3. The van der Waals surface area contributed by atoms with Gasteiger partial charge in [-0.15, -0.1) is 0 Å². The lowest BCUT2D eigenvalue weighted by molar-refractivity contribution is 0.0265. The van der Waals surface area contributed by atoms with Crippen LogP contribution in [0.5, 0.6) is 11.5 Å². The number of rotatable bonds is 6. The van der Waals surface area contributed by atoms with Gasteiger partial charge in [-0.2, -0.15) is 5.10 Å². The number of hydrogen-bond acceptors (Lipinski definition) is 6. The Bertz CT molecular complexity index is 1020. The second kappa shape index (κ2) is 9.84. The minimum atomic E-state index is 0.0358. The van der Waals surface area contributed by atoms with Gasteiger partial charge in [-0.3, -0.25) is 9.58 Å². The van der Waals surface area contributed by atoms with Crippen molar-refractivity contribution in [3.63, 3.8) is 0 Å². The van der Waals surface area contributed by atoms with Crippen LogP contribution in [0.2, 0.25) is 0 Å². The third kappa shape index (κ3) is 4.46. The Hall–Kier alpha value is -2.78. The zero-order valence-corrected chi connectivity index (χ0v) is 20.3. The van der Waals surface area contributed by atoms with Crippen LogP contribution >= 0.6 is 0 Å². The van der Waals surface area contributed by atoms with Crippen LogP contribution in [-0.4, -0.2) is 91.8 Å². The van der Waals surface area contributed by atoms with Crippen LogP contribution in [0.1, 0.15) is 24.5 Å². The van der Waals surface area contributed by atoms with Gasteiger partial charge < -0.3 is 24.4 Å². The predicted octanol–water partition coefficient (Wildman–Crippen LogP) is 2.32. The summed E-state index contributed by atoms with van der Waals surface area (Å²) in [4.78, 5) is 16.9. The van der Waals surface area contributed by atoms with E-state index in [-0.39, 0.29) is 6.03 Å². The zero-order chi connectivity index (χ0) is 23.7. The van der Waals surface area contributed by atoms with Crippen molar-refractivity contribution < 1.29 is 19.0 Å². The Morgan fingerprint density at radius 2 is 1.94 bits per heavy atom. The molecule has 1 N–H and O–H groups in total. The molecule has 4 saturated heterocycles. The van der Waals surface area contributed by atoms with E-state index in [9.17, 15) is 4.79 Å². The van der Waals surface area contributed by atoms with Crippen LogP contribution in [0.4, 0.5) is 4.79 Å². The van der Waals surface area contributed by atoms with Crippen molar-refractivity contribution >= 4 is 6.03 Å². The van der Waals surface area contributed by atoms with Crippen LogP contribution < -0.4 is 14.8 Å². The number of aromatic nitrogens is 2.